The quantitative estimate of drug-likeness (QED) is 0.131. The lowest BCUT2D eigenvalue weighted by atomic mass is 10.0. The van der Waals surface area contributed by atoms with E-state index in [4.69, 9.17) is 29.9 Å². The number of benzene rings is 8. The van der Waals surface area contributed by atoms with E-state index in [2.05, 4.69) is 80.6 Å². The number of nitrogens with zero attached hydrogens (tertiary/aromatic N) is 10. The number of aromatic nitrogens is 10. The van der Waals surface area contributed by atoms with Crippen molar-refractivity contribution >= 4 is 0 Å². The first-order valence-electron chi connectivity index (χ1n) is 23.4. The fourth-order valence-electron chi connectivity index (χ4n) is 8.04. The molecule has 0 aliphatic carbocycles. The predicted octanol–water partition coefficient (Wildman–Crippen LogP) is 14.0. The first kappa shape index (κ1) is 44.4. The van der Waals surface area contributed by atoms with Crippen molar-refractivity contribution in [2.24, 2.45) is 0 Å². The molecule has 8 aromatic carbocycles. The molecule has 0 saturated carbocycles. The Balaban J connectivity index is 0.000000156. The fraction of sp³-hybridized carbons (Fsp3) is 0. The van der Waals surface area contributed by atoms with Gasteiger partial charge in [0.1, 0.15) is 0 Å². The van der Waals surface area contributed by atoms with Crippen molar-refractivity contribution < 1.29 is 0 Å². The lowest BCUT2D eigenvalue weighted by Gasteiger charge is -2.10. The summed E-state index contributed by atoms with van der Waals surface area (Å²) in [5.41, 5.74) is 12.1. The first-order chi connectivity index (χ1) is 35.7. The molecule has 0 saturated heterocycles. The molecular weight excluding hydrogens is 885 g/mol. The highest BCUT2D eigenvalue weighted by Crippen LogP contribution is 2.31. The van der Waals surface area contributed by atoms with Crippen molar-refractivity contribution in [2.75, 3.05) is 0 Å². The Bertz CT molecular complexity index is 3570. The Labute approximate surface area is 416 Å². The maximum absolute atomic E-state index is 4.85. The molecule has 10 heteroatoms. The first-order valence-corrected chi connectivity index (χ1v) is 23.4. The minimum absolute atomic E-state index is 0.638. The molecule has 0 atom stereocenters. The minimum Gasteiger partial charge on any atom is -0.237 e. The van der Waals surface area contributed by atoms with Gasteiger partial charge >= 0.3 is 0 Å². The molecule has 0 amide bonds. The third kappa shape index (κ3) is 10.3. The molecular formula is C62H42N10. The van der Waals surface area contributed by atoms with Gasteiger partial charge in [0.15, 0.2) is 46.6 Å². The molecule has 0 fully saturated rings. The molecule has 0 N–H and O–H groups in total. The van der Waals surface area contributed by atoms with Gasteiger partial charge in [-0.05, 0) is 40.5 Å². The van der Waals surface area contributed by atoms with Gasteiger partial charge in [-0.1, -0.05) is 212 Å². The van der Waals surface area contributed by atoms with Crippen molar-refractivity contribution in [3.05, 3.63) is 255 Å². The van der Waals surface area contributed by atoms with Crippen molar-refractivity contribution in [3.63, 3.8) is 0 Å². The molecule has 0 aliphatic heterocycles. The molecule has 340 valence electrons. The van der Waals surface area contributed by atoms with Crippen LogP contribution in [0, 0.1) is 0 Å². The molecule has 72 heavy (non-hydrogen) atoms. The highest BCUT2D eigenvalue weighted by atomic mass is 15.0. The zero-order chi connectivity index (χ0) is 48.3. The molecule has 12 rings (SSSR count). The van der Waals surface area contributed by atoms with E-state index in [1.165, 1.54) is 0 Å². The SMILES string of the molecule is c1ccc(-c2nc(-c3ccccc3)nc(-c3ccc(-c4ccc(-c5ncccn5)cc4)cc3)n2)cc1.c1ccc(-c2nc(-c3ccccc3)nc(-c3cccc(-c4ccc(-c5ncccn5)cc4)c3)n2)cc1. The summed E-state index contributed by atoms with van der Waals surface area (Å²) in [5, 5.41) is 0. The maximum Gasteiger partial charge on any atom is 0.164 e. The van der Waals surface area contributed by atoms with Crippen LogP contribution in [-0.2, 0) is 0 Å². The summed E-state index contributed by atoms with van der Waals surface area (Å²) in [6.45, 7) is 0. The van der Waals surface area contributed by atoms with E-state index in [9.17, 15) is 0 Å². The summed E-state index contributed by atoms with van der Waals surface area (Å²) in [7, 11) is 0. The molecule has 0 unspecified atom stereocenters. The summed E-state index contributed by atoms with van der Waals surface area (Å²) in [5.74, 6) is 5.32. The largest absolute Gasteiger partial charge is 0.237 e. The Morgan fingerprint density at radius 2 is 0.375 bits per heavy atom. The van der Waals surface area contributed by atoms with Crippen LogP contribution < -0.4 is 0 Å². The van der Waals surface area contributed by atoms with Crippen molar-refractivity contribution in [1.29, 1.82) is 0 Å². The molecule has 4 aromatic heterocycles. The Morgan fingerprint density at radius 1 is 0.153 bits per heavy atom. The van der Waals surface area contributed by atoms with Gasteiger partial charge in [0, 0.05) is 69.3 Å². The van der Waals surface area contributed by atoms with Gasteiger partial charge in [-0.2, -0.15) is 0 Å². The van der Waals surface area contributed by atoms with Gasteiger partial charge in [0.2, 0.25) is 0 Å². The van der Waals surface area contributed by atoms with E-state index >= 15 is 0 Å². The van der Waals surface area contributed by atoms with Crippen LogP contribution in [0.1, 0.15) is 0 Å². The average molecular weight is 927 g/mol. The molecule has 0 bridgehead atoms. The maximum atomic E-state index is 4.85. The standard InChI is InChI=1S/2C31H21N5/c1-3-9-23(10-4-1)29-34-30(24-11-5-2-6-12-24)36-31(35-29)27-14-7-13-26(21-27)22-15-17-25(18-16-22)28-32-19-8-20-33-28;1-3-8-24(9-4-1)29-34-30(25-10-5-2-6-11-25)36-31(35-29)27-18-14-23(15-19-27)22-12-16-26(17-13-22)28-32-20-7-21-33-28/h2*1-21H. The van der Waals surface area contributed by atoms with E-state index in [-0.39, 0.29) is 0 Å². The van der Waals surface area contributed by atoms with Gasteiger partial charge in [0.25, 0.3) is 0 Å². The summed E-state index contributed by atoms with van der Waals surface area (Å²) in [4.78, 5) is 46.2. The van der Waals surface area contributed by atoms with Crippen LogP contribution in [0.25, 0.3) is 113 Å². The highest BCUT2D eigenvalue weighted by Gasteiger charge is 2.15. The third-order valence-electron chi connectivity index (χ3n) is 11.7. The molecule has 12 aromatic rings. The van der Waals surface area contributed by atoms with E-state index in [1.54, 1.807) is 24.8 Å². The molecule has 0 aliphatic rings. The zero-order valence-electron chi connectivity index (χ0n) is 38.7. The van der Waals surface area contributed by atoms with E-state index in [1.807, 2.05) is 170 Å². The summed E-state index contributed by atoms with van der Waals surface area (Å²) >= 11 is 0. The normalized spacial score (nSPS) is 10.8. The lowest BCUT2D eigenvalue weighted by molar-refractivity contribution is 1.07. The topological polar surface area (TPSA) is 129 Å². The third-order valence-corrected chi connectivity index (χ3v) is 11.7. The van der Waals surface area contributed by atoms with Gasteiger partial charge in [0.05, 0.1) is 0 Å². The second kappa shape index (κ2) is 21.1. The van der Waals surface area contributed by atoms with Crippen LogP contribution >= 0.6 is 0 Å². The summed E-state index contributed by atoms with van der Waals surface area (Å²) in [6, 6.07) is 76.8. The van der Waals surface area contributed by atoms with Crippen molar-refractivity contribution in [1.82, 2.24) is 49.8 Å². The van der Waals surface area contributed by atoms with Crippen molar-refractivity contribution in [3.8, 4) is 113 Å². The van der Waals surface area contributed by atoms with E-state index in [0.29, 0.717) is 40.8 Å². The van der Waals surface area contributed by atoms with Crippen molar-refractivity contribution in [2.45, 2.75) is 0 Å². The van der Waals surface area contributed by atoms with Gasteiger partial charge in [-0.3, -0.25) is 0 Å². The lowest BCUT2D eigenvalue weighted by Crippen LogP contribution is -2.00. The second-order valence-corrected chi connectivity index (χ2v) is 16.5. The Hall–Kier alpha value is -10.1. The number of hydrogen-bond acceptors (Lipinski definition) is 10. The van der Waals surface area contributed by atoms with E-state index < -0.39 is 0 Å². The number of rotatable bonds is 10. The second-order valence-electron chi connectivity index (χ2n) is 16.5. The van der Waals surface area contributed by atoms with Crippen LogP contribution in [0.5, 0.6) is 0 Å². The predicted molar refractivity (Wildman–Crippen MR) is 285 cm³/mol. The van der Waals surface area contributed by atoms with Gasteiger partial charge in [-0.25, -0.2) is 49.8 Å². The van der Waals surface area contributed by atoms with E-state index in [0.717, 1.165) is 72.6 Å². The zero-order valence-corrected chi connectivity index (χ0v) is 38.7. The minimum atomic E-state index is 0.638. The van der Waals surface area contributed by atoms with Crippen LogP contribution in [-0.4, -0.2) is 49.8 Å². The van der Waals surface area contributed by atoms with Gasteiger partial charge < -0.3 is 0 Å². The van der Waals surface area contributed by atoms with Crippen LogP contribution in [0.4, 0.5) is 0 Å². The smallest absolute Gasteiger partial charge is 0.164 e. The summed E-state index contributed by atoms with van der Waals surface area (Å²) in [6.07, 6.45) is 7.01. The Kier molecular flexibility index (Phi) is 13.0. The fourth-order valence-corrected chi connectivity index (χ4v) is 8.04. The monoisotopic (exact) mass is 926 g/mol. The van der Waals surface area contributed by atoms with Crippen LogP contribution in [0.3, 0.4) is 0 Å². The summed E-state index contributed by atoms with van der Waals surface area (Å²) < 4.78 is 0. The molecule has 10 nitrogen and oxygen atoms in total. The molecule has 0 radical (unpaired) electrons. The Morgan fingerprint density at radius 3 is 0.694 bits per heavy atom. The molecule has 4 heterocycles. The average Bonchev–Trinajstić information content (AvgIpc) is 3.48. The highest BCUT2D eigenvalue weighted by molar-refractivity contribution is 5.75. The molecule has 0 spiro atoms. The van der Waals surface area contributed by atoms with Gasteiger partial charge in [-0.15, -0.1) is 0 Å². The van der Waals surface area contributed by atoms with Crippen LogP contribution in [0.2, 0.25) is 0 Å². The number of hydrogen-bond donors (Lipinski definition) is 0. The van der Waals surface area contributed by atoms with Crippen LogP contribution in [0.15, 0.2) is 255 Å².